The molecule has 0 bridgehead atoms. The van der Waals surface area contributed by atoms with E-state index >= 15 is 0 Å². The molecule has 154 valence electrons. The summed E-state index contributed by atoms with van der Waals surface area (Å²) in [5, 5.41) is 3.49. The van der Waals surface area contributed by atoms with Crippen LogP contribution in [0.15, 0.2) is 48.7 Å². The Hall–Kier alpha value is -3.23. The molecule has 0 saturated heterocycles. The number of pyridine rings is 1. The van der Waals surface area contributed by atoms with Crippen molar-refractivity contribution in [3.63, 3.8) is 0 Å². The van der Waals surface area contributed by atoms with Crippen molar-refractivity contribution in [3.8, 4) is 17.0 Å². The molecule has 4 rings (SSSR count). The average Bonchev–Trinajstić information content (AvgIpc) is 3.28. The van der Waals surface area contributed by atoms with E-state index < -0.39 is 0 Å². The standard InChI is InChI=1S/C22H23N5O2S/c1-14-19(15-8-10-16(29-4)11-9-15)24-22(30-14)25-21(28)20-17(13-26(2)3)27-12-6-5-7-18(27)23-20/h5-12H,13H2,1-4H3,(H,24,25,28). The molecule has 0 aliphatic rings. The van der Waals surface area contributed by atoms with Gasteiger partial charge < -0.3 is 14.0 Å². The Kier molecular flexibility index (Phi) is 5.52. The van der Waals surface area contributed by atoms with Crippen LogP contribution in [0, 0.1) is 6.92 Å². The van der Waals surface area contributed by atoms with Gasteiger partial charge in [0, 0.05) is 23.2 Å². The minimum atomic E-state index is -0.259. The Morgan fingerprint density at radius 1 is 1.17 bits per heavy atom. The zero-order valence-corrected chi connectivity index (χ0v) is 18.2. The van der Waals surface area contributed by atoms with Gasteiger partial charge in [-0.2, -0.15) is 0 Å². The Labute approximate surface area is 179 Å². The number of carbonyl (C=O) groups excluding carboxylic acids is 1. The lowest BCUT2D eigenvalue weighted by atomic mass is 10.1. The average molecular weight is 422 g/mol. The number of carbonyl (C=O) groups is 1. The van der Waals surface area contributed by atoms with E-state index in [0.717, 1.165) is 33.2 Å². The number of hydrogen-bond acceptors (Lipinski definition) is 6. The molecule has 1 aromatic carbocycles. The summed E-state index contributed by atoms with van der Waals surface area (Å²) in [5.41, 5.74) is 3.83. The van der Waals surface area contributed by atoms with Crippen LogP contribution in [0.4, 0.5) is 5.13 Å². The second-order valence-corrected chi connectivity index (χ2v) is 8.38. The molecule has 0 radical (unpaired) electrons. The van der Waals surface area contributed by atoms with Crippen LogP contribution in [0.2, 0.25) is 0 Å². The summed E-state index contributed by atoms with van der Waals surface area (Å²) in [4.78, 5) is 25.3. The highest BCUT2D eigenvalue weighted by atomic mass is 32.1. The number of amides is 1. The minimum absolute atomic E-state index is 0.259. The number of aromatic nitrogens is 3. The number of anilines is 1. The van der Waals surface area contributed by atoms with Gasteiger partial charge in [0.1, 0.15) is 11.4 Å². The SMILES string of the molecule is COc1ccc(-c2nc(NC(=O)c3nc4ccccn4c3CN(C)C)sc2C)cc1. The highest BCUT2D eigenvalue weighted by Gasteiger charge is 2.21. The third-order valence-corrected chi connectivity index (χ3v) is 5.58. The Morgan fingerprint density at radius 3 is 2.63 bits per heavy atom. The first-order valence-electron chi connectivity index (χ1n) is 9.50. The quantitative estimate of drug-likeness (QED) is 0.508. The number of nitrogens with zero attached hydrogens (tertiary/aromatic N) is 4. The number of fused-ring (bicyclic) bond motifs is 1. The van der Waals surface area contributed by atoms with Gasteiger partial charge >= 0.3 is 0 Å². The van der Waals surface area contributed by atoms with E-state index in [0.29, 0.717) is 17.4 Å². The molecule has 1 N–H and O–H groups in total. The second kappa shape index (κ2) is 8.25. The molecule has 0 atom stereocenters. The lowest BCUT2D eigenvalue weighted by Gasteiger charge is -2.10. The second-order valence-electron chi connectivity index (χ2n) is 7.18. The topological polar surface area (TPSA) is 71.8 Å². The molecule has 4 aromatic rings. The first kappa shape index (κ1) is 20.1. The molecule has 3 aromatic heterocycles. The fourth-order valence-electron chi connectivity index (χ4n) is 3.30. The number of ether oxygens (including phenoxy) is 1. The van der Waals surface area contributed by atoms with E-state index in [1.165, 1.54) is 11.3 Å². The Balaban J connectivity index is 1.63. The number of rotatable bonds is 6. The van der Waals surface area contributed by atoms with Gasteiger partial charge in [0.25, 0.3) is 5.91 Å². The van der Waals surface area contributed by atoms with Crippen LogP contribution in [0.5, 0.6) is 5.75 Å². The van der Waals surface area contributed by atoms with Gasteiger partial charge in [-0.05, 0) is 57.4 Å². The summed E-state index contributed by atoms with van der Waals surface area (Å²) in [6, 6.07) is 13.5. The Bertz CT molecular complexity index is 1190. The van der Waals surface area contributed by atoms with Crippen molar-refractivity contribution >= 4 is 28.0 Å². The maximum absolute atomic E-state index is 13.1. The number of imidazole rings is 1. The van der Waals surface area contributed by atoms with Crippen LogP contribution in [0.1, 0.15) is 21.1 Å². The van der Waals surface area contributed by atoms with Gasteiger partial charge in [0.05, 0.1) is 18.5 Å². The van der Waals surface area contributed by atoms with Crippen LogP contribution in [0.25, 0.3) is 16.9 Å². The molecule has 1 amide bonds. The summed E-state index contributed by atoms with van der Waals surface area (Å²) in [7, 11) is 5.57. The summed E-state index contributed by atoms with van der Waals surface area (Å²) < 4.78 is 7.17. The summed E-state index contributed by atoms with van der Waals surface area (Å²) >= 11 is 1.45. The normalized spacial score (nSPS) is 11.2. The van der Waals surface area contributed by atoms with E-state index in [2.05, 4.69) is 15.3 Å². The molecule has 0 aliphatic carbocycles. The summed E-state index contributed by atoms with van der Waals surface area (Å²) in [6.45, 7) is 2.59. The molecular weight excluding hydrogens is 398 g/mol. The molecule has 3 heterocycles. The number of methoxy groups -OCH3 is 1. The van der Waals surface area contributed by atoms with Crippen molar-refractivity contribution in [2.24, 2.45) is 0 Å². The third kappa shape index (κ3) is 3.92. The molecule has 0 saturated carbocycles. The predicted molar refractivity (Wildman–Crippen MR) is 119 cm³/mol. The zero-order valence-electron chi connectivity index (χ0n) is 17.3. The minimum Gasteiger partial charge on any atom is -0.497 e. The largest absolute Gasteiger partial charge is 0.497 e. The van der Waals surface area contributed by atoms with Crippen molar-refractivity contribution < 1.29 is 9.53 Å². The maximum Gasteiger partial charge on any atom is 0.278 e. The first-order valence-corrected chi connectivity index (χ1v) is 10.3. The van der Waals surface area contributed by atoms with Gasteiger partial charge in [0.15, 0.2) is 10.8 Å². The van der Waals surface area contributed by atoms with Crippen LogP contribution in [-0.4, -0.2) is 46.4 Å². The molecule has 0 spiro atoms. The van der Waals surface area contributed by atoms with Crippen LogP contribution >= 0.6 is 11.3 Å². The third-order valence-electron chi connectivity index (χ3n) is 4.69. The molecule has 0 aliphatic heterocycles. The van der Waals surface area contributed by atoms with E-state index in [-0.39, 0.29) is 5.91 Å². The number of nitrogens with one attached hydrogen (secondary N) is 1. The number of thiazole rings is 1. The van der Waals surface area contributed by atoms with Crippen LogP contribution in [0.3, 0.4) is 0 Å². The number of hydrogen-bond donors (Lipinski definition) is 1. The summed E-state index contributed by atoms with van der Waals surface area (Å²) in [5.74, 6) is 0.533. The monoisotopic (exact) mass is 421 g/mol. The fraction of sp³-hybridized carbons (Fsp3) is 0.227. The number of benzene rings is 1. The fourth-order valence-corrected chi connectivity index (χ4v) is 4.13. The van der Waals surface area contributed by atoms with Crippen molar-refractivity contribution in [2.45, 2.75) is 13.5 Å². The van der Waals surface area contributed by atoms with Crippen molar-refractivity contribution in [1.82, 2.24) is 19.3 Å². The lowest BCUT2D eigenvalue weighted by molar-refractivity contribution is 0.102. The van der Waals surface area contributed by atoms with Crippen LogP contribution < -0.4 is 10.1 Å². The molecule has 7 nitrogen and oxygen atoms in total. The smallest absolute Gasteiger partial charge is 0.278 e. The predicted octanol–water partition coefficient (Wildman–Crippen LogP) is 4.09. The maximum atomic E-state index is 13.1. The first-order chi connectivity index (χ1) is 14.5. The van der Waals surface area contributed by atoms with Gasteiger partial charge in [-0.25, -0.2) is 9.97 Å². The highest BCUT2D eigenvalue weighted by molar-refractivity contribution is 7.16. The molecule has 0 unspecified atom stereocenters. The number of aryl methyl sites for hydroxylation is 1. The molecular formula is C22H23N5O2S. The van der Waals surface area contributed by atoms with Gasteiger partial charge in [-0.1, -0.05) is 6.07 Å². The zero-order chi connectivity index (χ0) is 21.3. The van der Waals surface area contributed by atoms with Crippen molar-refractivity contribution in [3.05, 3.63) is 64.9 Å². The summed E-state index contributed by atoms with van der Waals surface area (Å²) in [6.07, 6.45) is 1.92. The molecule has 8 heteroatoms. The highest BCUT2D eigenvalue weighted by Crippen LogP contribution is 2.31. The van der Waals surface area contributed by atoms with Gasteiger partial charge in [0.2, 0.25) is 0 Å². The van der Waals surface area contributed by atoms with E-state index in [1.807, 2.05) is 79.0 Å². The molecule has 30 heavy (non-hydrogen) atoms. The van der Waals surface area contributed by atoms with Gasteiger partial charge in [-0.15, -0.1) is 11.3 Å². The van der Waals surface area contributed by atoms with Crippen LogP contribution in [-0.2, 0) is 6.54 Å². The lowest BCUT2D eigenvalue weighted by Crippen LogP contribution is -2.19. The van der Waals surface area contributed by atoms with Crippen molar-refractivity contribution in [1.29, 1.82) is 0 Å². The Morgan fingerprint density at radius 2 is 1.93 bits per heavy atom. The van der Waals surface area contributed by atoms with E-state index in [1.54, 1.807) is 7.11 Å². The van der Waals surface area contributed by atoms with E-state index in [9.17, 15) is 4.79 Å². The molecule has 0 fully saturated rings. The van der Waals surface area contributed by atoms with Crippen molar-refractivity contribution in [2.75, 3.05) is 26.5 Å². The van der Waals surface area contributed by atoms with E-state index in [4.69, 9.17) is 4.74 Å². The van der Waals surface area contributed by atoms with Gasteiger partial charge in [-0.3, -0.25) is 10.1 Å².